The Kier molecular flexibility index (Phi) is 6.97. The number of ether oxygens (including phenoxy) is 2. The summed E-state index contributed by atoms with van der Waals surface area (Å²) in [4.78, 5) is 23.7. The van der Waals surface area contributed by atoms with Crippen molar-refractivity contribution >= 4 is 18.0 Å². The zero-order valence-corrected chi connectivity index (χ0v) is 15.2. The predicted octanol–water partition coefficient (Wildman–Crippen LogP) is 3.59. The van der Waals surface area contributed by atoms with Crippen LogP contribution >= 0.6 is 0 Å². The first kappa shape index (κ1) is 19.2. The Bertz CT molecular complexity index is 782. The summed E-state index contributed by atoms with van der Waals surface area (Å²) in [7, 11) is 1.50. The number of carbonyl (C=O) groups excluding carboxylic acids is 2. The Balaban J connectivity index is 1.98. The number of carbonyl (C=O) groups is 2. The topological polar surface area (TPSA) is 64.6 Å². The average Bonchev–Trinajstić information content (AvgIpc) is 2.66. The molecule has 0 saturated carbocycles. The van der Waals surface area contributed by atoms with Gasteiger partial charge in [-0.1, -0.05) is 50.2 Å². The predicted molar refractivity (Wildman–Crippen MR) is 101 cm³/mol. The van der Waals surface area contributed by atoms with Crippen molar-refractivity contribution in [3.05, 3.63) is 65.7 Å². The van der Waals surface area contributed by atoms with Crippen LogP contribution in [0.3, 0.4) is 0 Å². The van der Waals surface area contributed by atoms with Crippen molar-refractivity contribution < 1.29 is 19.1 Å². The molecule has 0 fully saturated rings. The van der Waals surface area contributed by atoms with Gasteiger partial charge >= 0.3 is 5.97 Å². The Hall–Kier alpha value is -3.08. The fourth-order valence-electron chi connectivity index (χ4n) is 2.11. The highest BCUT2D eigenvalue weighted by molar-refractivity contribution is 5.91. The molecule has 26 heavy (non-hydrogen) atoms. The van der Waals surface area contributed by atoms with Gasteiger partial charge in [-0.25, -0.2) is 0 Å². The molecule has 0 aliphatic carbocycles. The highest BCUT2D eigenvalue weighted by Gasteiger charge is 2.13. The van der Waals surface area contributed by atoms with E-state index in [1.807, 2.05) is 30.3 Å². The average molecular weight is 353 g/mol. The van der Waals surface area contributed by atoms with Crippen LogP contribution in [0.1, 0.15) is 25.0 Å². The van der Waals surface area contributed by atoms with Gasteiger partial charge in [0, 0.05) is 12.6 Å². The third-order valence-electron chi connectivity index (χ3n) is 3.61. The number of rotatable bonds is 7. The fraction of sp³-hybridized carbons (Fsp3) is 0.238. The molecule has 1 N–H and O–H groups in total. The van der Waals surface area contributed by atoms with Gasteiger partial charge in [0.1, 0.15) is 0 Å². The Morgan fingerprint density at radius 1 is 1.08 bits per heavy atom. The van der Waals surface area contributed by atoms with Gasteiger partial charge in [-0.3, -0.25) is 9.59 Å². The molecule has 1 amide bonds. The Morgan fingerprint density at radius 3 is 2.46 bits per heavy atom. The van der Waals surface area contributed by atoms with E-state index in [1.165, 1.54) is 13.2 Å². The molecule has 0 aliphatic heterocycles. The van der Waals surface area contributed by atoms with Crippen LogP contribution in [0.2, 0.25) is 0 Å². The Morgan fingerprint density at radius 2 is 1.81 bits per heavy atom. The quantitative estimate of drug-likeness (QED) is 0.469. The summed E-state index contributed by atoms with van der Waals surface area (Å²) in [6.07, 6.45) is 3.13. The van der Waals surface area contributed by atoms with Crippen molar-refractivity contribution in [1.29, 1.82) is 0 Å². The summed E-state index contributed by atoms with van der Waals surface area (Å²) in [5.74, 6) is 0.0466. The van der Waals surface area contributed by atoms with Crippen molar-refractivity contribution in [2.45, 2.75) is 20.4 Å². The first-order chi connectivity index (χ1) is 12.5. The second-order valence-electron chi connectivity index (χ2n) is 6.02. The molecule has 0 aromatic heterocycles. The molecular formula is C21H23NO4. The van der Waals surface area contributed by atoms with Crippen LogP contribution in [-0.2, 0) is 16.1 Å². The largest absolute Gasteiger partial charge is 0.493 e. The van der Waals surface area contributed by atoms with E-state index in [0.717, 1.165) is 11.1 Å². The van der Waals surface area contributed by atoms with E-state index in [-0.39, 0.29) is 17.8 Å². The first-order valence-electron chi connectivity index (χ1n) is 8.39. The standard InChI is InChI=1S/C21H23NO4/c1-15(2)21(24)26-18-11-9-16(13-19(18)25-3)10-12-20(23)22-14-17-7-5-4-6-8-17/h4-13,15H,14H2,1-3H3,(H,22,23)/b12-10+. The van der Waals surface area contributed by atoms with Crippen LogP contribution in [-0.4, -0.2) is 19.0 Å². The number of amides is 1. The zero-order valence-electron chi connectivity index (χ0n) is 15.2. The SMILES string of the molecule is COc1cc(/C=C/C(=O)NCc2ccccc2)ccc1OC(=O)C(C)C. The third-order valence-corrected chi connectivity index (χ3v) is 3.61. The molecule has 2 aromatic rings. The molecule has 0 bridgehead atoms. The molecule has 0 heterocycles. The van der Waals surface area contributed by atoms with Crippen molar-refractivity contribution in [2.24, 2.45) is 5.92 Å². The van der Waals surface area contributed by atoms with E-state index in [2.05, 4.69) is 5.32 Å². The van der Waals surface area contributed by atoms with E-state index >= 15 is 0 Å². The van der Waals surface area contributed by atoms with E-state index in [9.17, 15) is 9.59 Å². The molecular weight excluding hydrogens is 330 g/mol. The highest BCUT2D eigenvalue weighted by atomic mass is 16.6. The summed E-state index contributed by atoms with van der Waals surface area (Å²) in [5.41, 5.74) is 1.80. The van der Waals surface area contributed by atoms with Gasteiger partial charge in [0.05, 0.1) is 13.0 Å². The molecule has 2 aromatic carbocycles. The highest BCUT2D eigenvalue weighted by Crippen LogP contribution is 2.29. The summed E-state index contributed by atoms with van der Waals surface area (Å²) in [5, 5.41) is 2.82. The maximum absolute atomic E-state index is 11.9. The number of methoxy groups -OCH3 is 1. The van der Waals surface area contributed by atoms with Crippen LogP contribution in [0.25, 0.3) is 6.08 Å². The maximum Gasteiger partial charge on any atom is 0.313 e. The van der Waals surface area contributed by atoms with Gasteiger partial charge in [0.2, 0.25) is 5.91 Å². The van der Waals surface area contributed by atoms with Crippen molar-refractivity contribution in [1.82, 2.24) is 5.32 Å². The van der Waals surface area contributed by atoms with E-state index in [4.69, 9.17) is 9.47 Å². The minimum atomic E-state index is -0.327. The lowest BCUT2D eigenvalue weighted by Gasteiger charge is -2.11. The molecule has 0 spiro atoms. The smallest absolute Gasteiger partial charge is 0.313 e. The molecule has 5 heteroatoms. The number of nitrogens with one attached hydrogen (secondary N) is 1. The lowest BCUT2D eigenvalue weighted by atomic mass is 10.1. The van der Waals surface area contributed by atoms with Crippen LogP contribution in [0, 0.1) is 5.92 Å². The van der Waals surface area contributed by atoms with E-state index in [0.29, 0.717) is 18.0 Å². The summed E-state index contributed by atoms with van der Waals surface area (Å²) in [6.45, 7) is 4.00. The van der Waals surface area contributed by atoms with Crippen molar-refractivity contribution in [3.63, 3.8) is 0 Å². The molecule has 0 aliphatic rings. The van der Waals surface area contributed by atoms with Crippen LogP contribution in [0.5, 0.6) is 11.5 Å². The molecule has 5 nitrogen and oxygen atoms in total. The second-order valence-corrected chi connectivity index (χ2v) is 6.02. The molecule has 0 saturated heterocycles. The maximum atomic E-state index is 11.9. The normalized spacial score (nSPS) is 10.8. The number of esters is 1. The minimum absolute atomic E-state index is 0.192. The summed E-state index contributed by atoms with van der Waals surface area (Å²) in [6, 6.07) is 14.8. The summed E-state index contributed by atoms with van der Waals surface area (Å²) >= 11 is 0. The molecule has 0 atom stereocenters. The zero-order chi connectivity index (χ0) is 18.9. The molecule has 2 rings (SSSR count). The lowest BCUT2D eigenvalue weighted by molar-refractivity contribution is -0.137. The molecule has 0 unspecified atom stereocenters. The fourth-order valence-corrected chi connectivity index (χ4v) is 2.11. The van der Waals surface area contributed by atoms with Gasteiger partial charge in [-0.05, 0) is 29.3 Å². The van der Waals surface area contributed by atoms with Gasteiger partial charge in [-0.15, -0.1) is 0 Å². The van der Waals surface area contributed by atoms with Gasteiger partial charge < -0.3 is 14.8 Å². The molecule has 0 radical (unpaired) electrons. The minimum Gasteiger partial charge on any atom is -0.493 e. The first-order valence-corrected chi connectivity index (χ1v) is 8.39. The second kappa shape index (κ2) is 9.42. The van der Waals surface area contributed by atoms with E-state index < -0.39 is 0 Å². The van der Waals surface area contributed by atoms with Gasteiger partial charge in [0.15, 0.2) is 11.5 Å². The molecule has 136 valence electrons. The van der Waals surface area contributed by atoms with E-state index in [1.54, 1.807) is 38.1 Å². The Labute approximate surface area is 153 Å². The van der Waals surface area contributed by atoms with Crippen molar-refractivity contribution in [2.75, 3.05) is 7.11 Å². The van der Waals surface area contributed by atoms with Gasteiger partial charge in [-0.2, -0.15) is 0 Å². The number of benzene rings is 2. The van der Waals surface area contributed by atoms with Crippen molar-refractivity contribution in [3.8, 4) is 11.5 Å². The monoisotopic (exact) mass is 353 g/mol. The van der Waals surface area contributed by atoms with Gasteiger partial charge in [0.25, 0.3) is 0 Å². The number of hydrogen-bond donors (Lipinski definition) is 1. The number of hydrogen-bond acceptors (Lipinski definition) is 4. The summed E-state index contributed by atoms with van der Waals surface area (Å²) < 4.78 is 10.6. The van der Waals surface area contributed by atoms with Crippen LogP contribution < -0.4 is 14.8 Å². The lowest BCUT2D eigenvalue weighted by Crippen LogP contribution is -2.20. The third kappa shape index (κ3) is 5.77. The van der Waals surface area contributed by atoms with Crippen LogP contribution in [0.4, 0.5) is 0 Å². The van der Waals surface area contributed by atoms with Crippen LogP contribution in [0.15, 0.2) is 54.6 Å².